The fourth-order valence-corrected chi connectivity index (χ4v) is 1.02. The highest BCUT2D eigenvalue weighted by Crippen LogP contribution is 2.18. The molecule has 0 aromatic carbocycles. The summed E-state index contributed by atoms with van der Waals surface area (Å²) < 4.78 is 0. The van der Waals surface area contributed by atoms with E-state index in [1.807, 2.05) is 6.08 Å². The van der Waals surface area contributed by atoms with Gasteiger partial charge in [-0.05, 0) is 0 Å². The molecule has 2 N–H and O–H groups in total. The second-order valence-electron chi connectivity index (χ2n) is 2.05. The van der Waals surface area contributed by atoms with Gasteiger partial charge in [0.05, 0.1) is 5.56 Å². The Hall–Kier alpha value is -0.740. The van der Waals surface area contributed by atoms with Gasteiger partial charge < -0.3 is 5.73 Å². The number of anilines is 1. The molecule has 0 radical (unpaired) electrons. The van der Waals surface area contributed by atoms with Crippen LogP contribution in [0.25, 0.3) is 6.08 Å². The van der Waals surface area contributed by atoms with Crippen molar-refractivity contribution < 1.29 is 0 Å². The second-order valence-corrected chi connectivity index (χ2v) is 2.77. The fraction of sp³-hybridized carbons (Fsp3) is 0.143. The zero-order valence-corrected chi connectivity index (χ0v) is 7.89. The zero-order valence-electron chi connectivity index (χ0n) is 6.24. The Labute approximate surface area is 81.1 Å². The van der Waals surface area contributed by atoms with Crippen LogP contribution in [0.2, 0.25) is 5.15 Å². The molecule has 0 aliphatic rings. The Balaban J connectivity index is 3.04. The van der Waals surface area contributed by atoms with Gasteiger partial charge in [-0.2, -0.15) is 12.6 Å². The summed E-state index contributed by atoms with van der Waals surface area (Å²) in [5.41, 5.74) is 6.20. The van der Waals surface area contributed by atoms with Crippen LogP contribution >= 0.6 is 24.2 Å². The summed E-state index contributed by atoms with van der Waals surface area (Å²) >= 11 is 9.77. The number of nitrogens with zero attached hydrogens (tertiary/aromatic N) is 2. The van der Waals surface area contributed by atoms with Crippen molar-refractivity contribution in [2.75, 3.05) is 11.5 Å². The molecule has 0 saturated carbocycles. The van der Waals surface area contributed by atoms with Crippen LogP contribution in [0.4, 0.5) is 5.82 Å². The molecule has 3 nitrogen and oxygen atoms in total. The van der Waals surface area contributed by atoms with E-state index in [-0.39, 0.29) is 0 Å². The molecule has 1 aromatic heterocycles. The smallest absolute Gasteiger partial charge is 0.141 e. The van der Waals surface area contributed by atoms with E-state index in [2.05, 4.69) is 22.6 Å². The number of rotatable bonds is 2. The van der Waals surface area contributed by atoms with Crippen LogP contribution in [-0.2, 0) is 0 Å². The number of hydrogen-bond donors (Lipinski definition) is 2. The first-order valence-electron chi connectivity index (χ1n) is 3.29. The molecule has 0 amide bonds. The summed E-state index contributed by atoms with van der Waals surface area (Å²) in [6, 6.07) is 0. The third kappa shape index (κ3) is 2.12. The predicted molar refractivity (Wildman–Crippen MR) is 54.3 cm³/mol. The summed E-state index contributed by atoms with van der Waals surface area (Å²) in [5.74, 6) is 1.01. The Morgan fingerprint density at radius 3 is 2.92 bits per heavy atom. The molecule has 1 aromatic rings. The summed E-state index contributed by atoms with van der Waals surface area (Å²) in [4.78, 5) is 7.59. The van der Waals surface area contributed by atoms with E-state index in [1.165, 1.54) is 6.33 Å². The van der Waals surface area contributed by atoms with Gasteiger partial charge in [0.15, 0.2) is 0 Å². The molecular formula is C7H8ClN3S. The third-order valence-corrected chi connectivity index (χ3v) is 1.77. The van der Waals surface area contributed by atoms with Gasteiger partial charge in [0.25, 0.3) is 0 Å². The van der Waals surface area contributed by atoms with Gasteiger partial charge >= 0.3 is 0 Å². The highest BCUT2D eigenvalue weighted by molar-refractivity contribution is 7.80. The van der Waals surface area contributed by atoms with E-state index < -0.39 is 0 Å². The lowest BCUT2D eigenvalue weighted by Gasteiger charge is -1.99. The standard InChI is InChI=1S/C7H8ClN3S/c8-6-5(2-1-3-12)7(9)11-4-10-6/h1-2,4,12H,3H2,(H2,9,10,11). The minimum absolute atomic E-state index is 0.362. The van der Waals surface area contributed by atoms with Crippen molar-refractivity contribution in [1.29, 1.82) is 0 Å². The van der Waals surface area contributed by atoms with Gasteiger partial charge in [-0.1, -0.05) is 23.8 Å². The van der Waals surface area contributed by atoms with Crippen LogP contribution in [0.1, 0.15) is 5.56 Å². The lowest BCUT2D eigenvalue weighted by Crippen LogP contribution is -1.95. The van der Waals surface area contributed by atoms with Crippen molar-refractivity contribution >= 4 is 36.1 Å². The molecular weight excluding hydrogens is 194 g/mol. The molecule has 0 unspecified atom stereocenters. The molecule has 0 fully saturated rings. The molecule has 0 aliphatic carbocycles. The van der Waals surface area contributed by atoms with Crippen LogP contribution < -0.4 is 5.73 Å². The lowest BCUT2D eigenvalue weighted by atomic mass is 10.3. The molecule has 1 rings (SSSR count). The predicted octanol–water partition coefficient (Wildman–Crippen LogP) is 1.66. The maximum Gasteiger partial charge on any atom is 0.141 e. The molecule has 0 saturated heterocycles. The van der Waals surface area contributed by atoms with Crippen LogP contribution in [0.3, 0.4) is 0 Å². The number of hydrogen-bond acceptors (Lipinski definition) is 4. The average molecular weight is 202 g/mol. The van der Waals surface area contributed by atoms with Crippen molar-refractivity contribution in [2.45, 2.75) is 0 Å². The molecule has 5 heteroatoms. The van der Waals surface area contributed by atoms with E-state index in [0.29, 0.717) is 22.3 Å². The Kier molecular flexibility index (Phi) is 3.37. The number of aromatic nitrogens is 2. The summed E-state index contributed by atoms with van der Waals surface area (Å²) in [6.45, 7) is 0. The topological polar surface area (TPSA) is 51.8 Å². The summed E-state index contributed by atoms with van der Waals surface area (Å²) in [5, 5.41) is 0.362. The highest BCUT2D eigenvalue weighted by Gasteiger charge is 2.01. The number of halogens is 1. The number of thiol groups is 1. The van der Waals surface area contributed by atoms with Gasteiger partial charge in [-0.25, -0.2) is 9.97 Å². The van der Waals surface area contributed by atoms with Crippen molar-refractivity contribution in [2.24, 2.45) is 0 Å². The molecule has 12 heavy (non-hydrogen) atoms. The van der Waals surface area contributed by atoms with Crippen LogP contribution in [0, 0.1) is 0 Å². The molecule has 0 spiro atoms. The molecule has 0 atom stereocenters. The van der Waals surface area contributed by atoms with Gasteiger partial charge in [0, 0.05) is 5.75 Å². The van der Waals surface area contributed by atoms with Crippen molar-refractivity contribution in [3.05, 3.63) is 23.1 Å². The Bertz CT molecular complexity index is 280. The average Bonchev–Trinajstić information content (AvgIpc) is 2.04. The van der Waals surface area contributed by atoms with E-state index in [9.17, 15) is 0 Å². The summed E-state index contributed by atoms with van der Waals surface area (Å²) in [7, 11) is 0. The Morgan fingerprint density at radius 2 is 2.33 bits per heavy atom. The van der Waals surface area contributed by atoms with Crippen molar-refractivity contribution in [1.82, 2.24) is 9.97 Å². The van der Waals surface area contributed by atoms with Crippen LogP contribution in [0.5, 0.6) is 0 Å². The number of nitrogens with two attached hydrogens (primary N) is 1. The third-order valence-electron chi connectivity index (χ3n) is 1.26. The minimum atomic E-state index is 0.362. The first-order chi connectivity index (χ1) is 5.75. The second kappa shape index (κ2) is 4.33. The normalized spacial score (nSPS) is 10.8. The summed E-state index contributed by atoms with van der Waals surface area (Å²) in [6.07, 6.45) is 4.91. The SMILES string of the molecule is Nc1ncnc(Cl)c1C=CCS. The first-order valence-corrected chi connectivity index (χ1v) is 4.30. The zero-order chi connectivity index (χ0) is 8.97. The van der Waals surface area contributed by atoms with Crippen molar-refractivity contribution in [3.63, 3.8) is 0 Å². The van der Waals surface area contributed by atoms with Gasteiger partial charge in [-0.15, -0.1) is 0 Å². The quantitative estimate of drug-likeness (QED) is 0.565. The number of nitrogen functional groups attached to an aromatic ring is 1. The maximum absolute atomic E-state index is 5.76. The van der Waals surface area contributed by atoms with Crippen LogP contribution in [0.15, 0.2) is 12.4 Å². The fourth-order valence-electron chi connectivity index (χ4n) is 0.711. The molecule has 64 valence electrons. The van der Waals surface area contributed by atoms with Crippen LogP contribution in [-0.4, -0.2) is 15.7 Å². The monoisotopic (exact) mass is 201 g/mol. The lowest BCUT2D eigenvalue weighted by molar-refractivity contribution is 1.17. The van der Waals surface area contributed by atoms with E-state index in [4.69, 9.17) is 17.3 Å². The van der Waals surface area contributed by atoms with Gasteiger partial charge in [0.1, 0.15) is 17.3 Å². The Morgan fingerprint density at radius 1 is 1.58 bits per heavy atom. The van der Waals surface area contributed by atoms with Crippen molar-refractivity contribution in [3.8, 4) is 0 Å². The van der Waals surface area contributed by atoms with Gasteiger partial charge in [0.2, 0.25) is 0 Å². The van der Waals surface area contributed by atoms with E-state index >= 15 is 0 Å². The molecule has 1 heterocycles. The maximum atomic E-state index is 5.76. The first kappa shape index (κ1) is 9.35. The largest absolute Gasteiger partial charge is 0.383 e. The van der Waals surface area contributed by atoms with E-state index in [1.54, 1.807) is 6.08 Å². The highest BCUT2D eigenvalue weighted by atomic mass is 35.5. The van der Waals surface area contributed by atoms with E-state index in [0.717, 1.165) is 0 Å². The molecule has 0 aliphatic heterocycles. The van der Waals surface area contributed by atoms with Gasteiger partial charge in [-0.3, -0.25) is 0 Å². The minimum Gasteiger partial charge on any atom is -0.383 e. The molecule has 0 bridgehead atoms.